The van der Waals surface area contributed by atoms with Crippen LogP contribution >= 0.6 is 0 Å². The molecule has 9 heteroatoms. The topological polar surface area (TPSA) is 94.8 Å². The summed E-state index contributed by atoms with van der Waals surface area (Å²) in [4.78, 5) is 4.89. The van der Waals surface area contributed by atoms with Crippen LogP contribution in [0.5, 0.6) is 11.5 Å². The van der Waals surface area contributed by atoms with Gasteiger partial charge in [0.05, 0.1) is 4.90 Å². The second kappa shape index (κ2) is 8.79. The number of fused-ring (bicyclic) bond motifs is 1. The summed E-state index contributed by atoms with van der Waals surface area (Å²) in [5, 5.41) is 4.22. The van der Waals surface area contributed by atoms with Gasteiger partial charge in [-0.15, -0.1) is 0 Å². The zero-order valence-electron chi connectivity index (χ0n) is 18.7. The first-order chi connectivity index (χ1) is 15.9. The van der Waals surface area contributed by atoms with Gasteiger partial charge in [-0.2, -0.15) is 9.29 Å². The van der Waals surface area contributed by atoms with Gasteiger partial charge in [-0.05, 0) is 43.0 Å². The Morgan fingerprint density at radius 2 is 1.76 bits per heavy atom. The molecule has 0 unspecified atom stereocenters. The Hall–Kier alpha value is -2.91. The predicted molar refractivity (Wildman–Crippen MR) is 121 cm³/mol. The summed E-state index contributed by atoms with van der Waals surface area (Å²) in [6.45, 7) is 5.81. The minimum Gasteiger partial charge on any atom is -0.486 e. The number of piperidine rings is 1. The third kappa shape index (κ3) is 4.22. The maximum absolute atomic E-state index is 13.2. The lowest BCUT2D eigenvalue weighted by molar-refractivity contribution is 0.171. The lowest BCUT2D eigenvalue weighted by Gasteiger charge is -2.30. The summed E-state index contributed by atoms with van der Waals surface area (Å²) in [5.74, 6) is 2.36. The molecule has 5 rings (SSSR count). The largest absolute Gasteiger partial charge is 0.486 e. The van der Waals surface area contributed by atoms with Gasteiger partial charge in [-0.25, -0.2) is 8.42 Å². The first-order valence-corrected chi connectivity index (χ1v) is 12.7. The molecule has 0 amide bonds. The minimum absolute atomic E-state index is 0.0272. The highest BCUT2D eigenvalue weighted by Crippen LogP contribution is 2.35. The van der Waals surface area contributed by atoms with E-state index in [0.717, 1.165) is 0 Å². The molecule has 3 heterocycles. The molecule has 0 radical (unpaired) electrons. The van der Waals surface area contributed by atoms with Gasteiger partial charge in [0.2, 0.25) is 15.9 Å². The van der Waals surface area contributed by atoms with E-state index in [1.807, 2.05) is 12.1 Å². The highest BCUT2D eigenvalue weighted by molar-refractivity contribution is 7.89. The smallest absolute Gasteiger partial charge is 0.243 e. The number of hydrogen-bond acceptors (Lipinski definition) is 7. The van der Waals surface area contributed by atoms with Crippen molar-refractivity contribution in [3.05, 3.63) is 65.3 Å². The summed E-state index contributed by atoms with van der Waals surface area (Å²) < 4.78 is 44.5. The van der Waals surface area contributed by atoms with E-state index in [4.69, 9.17) is 14.0 Å². The Labute approximate surface area is 193 Å². The average Bonchev–Trinajstić information content (AvgIpc) is 3.34. The van der Waals surface area contributed by atoms with Gasteiger partial charge in [0.25, 0.3) is 0 Å². The number of benzene rings is 2. The van der Waals surface area contributed by atoms with Gasteiger partial charge in [0.15, 0.2) is 17.3 Å². The summed E-state index contributed by atoms with van der Waals surface area (Å²) in [6, 6.07) is 13.0. The zero-order valence-corrected chi connectivity index (χ0v) is 19.5. The number of rotatable bonds is 5. The summed E-state index contributed by atoms with van der Waals surface area (Å²) >= 11 is 0. The summed E-state index contributed by atoms with van der Waals surface area (Å²) in [5.41, 5.74) is 2.36. The molecule has 0 bridgehead atoms. The van der Waals surface area contributed by atoms with E-state index in [0.29, 0.717) is 62.4 Å². The van der Waals surface area contributed by atoms with E-state index in [9.17, 15) is 8.42 Å². The lowest BCUT2D eigenvalue weighted by atomic mass is 9.95. The number of sulfonamides is 1. The van der Waals surface area contributed by atoms with Crippen LogP contribution in [0.1, 0.15) is 54.4 Å². The number of hydrogen-bond donors (Lipinski definition) is 0. The Morgan fingerprint density at radius 1 is 1.03 bits per heavy atom. The maximum atomic E-state index is 13.2. The second-order valence-corrected chi connectivity index (χ2v) is 10.5. The molecule has 0 N–H and O–H groups in total. The highest BCUT2D eigenvalue weighted by atomic mass is 32.2. The number of ether oxygens (including phenoxy) is 2. The van der Waals surface area contributed by atoms with E-state index >= 15 is 0 Å². The monoisotopic (exact) mass is 469 g/mol. The van der Waals surface area contributed by atoms with Crippen LogP contribution < -0.4 is 9.47 Å². The van der Waals surface area contributed by atoms with Crippen molar-refractivity contribution in [3.8, 4) is 11.5 Å². The van der Waals surface area contributed by atoms with E-state index in [2.05, 4.69) is 36.1 Å². The van der Waals surface area contributed by atoms with Crippen molar-refractivity contribution in [1.82, 2.24) is 14.4 Å². The van der Waals surface area contributed by atoms with Gasteiger partial charge < -0.3 is 14.0 Å². The average molecular weight is 470 g/mol. The Morgan fingerprint density at radius 3 is 2.52 bits per heavy atom. The van der Waals surface area contributed by atoms with Gasteiger partial charge in [0, 0.05) is 31.0 Å². The standard InChI is InChI=1S/C24H27N3O5S/c1-16-5-3-4-6-20(16)17(2)23-25-24(32-26-23)18-9-11-27(12-10-18)33(28,29)19-7-8-21-22(15-19)31-14-13-30-21/h3-8,15,17-18H,9-14H2,1-2H3/t17-/m1/s1. The van der Waals surface area contributed by atoms with Crippen LogP contribution in [-0.4, -0.2) is 49.2 Å². The van der Waals surface area contributed by atoms with Crippen LogP contribution in [0, 0.1) is 6.92 Å². The fourth-order valence-electron chi connectivity index (χ4n) is 4.48. The van der Waals surface area contributed by atoms with Gasteiger partial charge in [-0.1, -0.05) is 36.3 Å². The van der Waals surface area contributed by atoms with E-state index in [1.54, 1.807) is 18.2 Å². The molecule has 1 saturated heterocycles. The zero-order chi connectivity index (χ0) is 23.0. The van der Waals surface area contributed by atoms with Crippen LogP contribution in [0.2, 0.25) is 0 Å². The molecular weight excluding hydrogens is 442 g/mol. The van der Waals surface area contributed by atoms with Crippen LogP contribution in [0.4, 0.5) is 0 Å². The van der Waals surface area contributed by atoms with Gasteiger partial charge in [-0.3, -0.25) is 0 Å². The van der Waals surface area contributed by atoms with Crippen molar-refractivity contribution < 1.29 is 22.4 Å². The molecule has 2 aliphatic heterocycles. The highest BCUT2D eigenvalue weighted by Gasteiger charge is 2.33. The van der Waals surface area contributed by atoms with Crippen molar-refractivity contribution in [2.45, 2.75) is 43.4 Å². The third-order valence-electron chi connectivity index (χ3n) is 6.45. The number of aromatic nitrogens is 2. The van der Waals surface area contributed by atoms with Crippen molar-refractivity contribution in [1.29, 1.82) is 0 Å². The van der Waals surface area contributed by atoms with Crippen LogP contribution in [-0.2, 0) is 10.0 Å². The van der Waals surface area contributed by atoms with Crippen LogP contribution in [0.3, 0.4) is 0 Å². The molecule has 33 heavy (non-hydrogen) atoms. The predicted octanol–water partition coefficient (Wildman–Crippen LogP) is 3.87. The first kappa shape index (κ1) is 21.9. The molecule has 3 aromatic rings. The second-order valence-electron chi connectivity index (χ2n) is 8.55. The van der Waals surface area contributed by atoms with Crippen molar-refractivity contribution >= 4 is 10.0 Å². The van der Waals surface area contributed by atoms with Crippen molar-refractivity contribution in [2.75, 3.05) is 26.3 Å². The Bertz CT molecular complexity index is 1250. The number of nitrogens with zero attached hydrogens (tertiary/aromatic N) is 3. The van der Waals surface area contributed by atoms with Crippen molar-refractivity contribution in [2.24, 2.45) is 0 Å². The molecule has 2 aliphatic rings. The van der Waals surface area contributed by atoms with E-state index < -0.39 is 10.0 Å². The minimum atomic E-state index is -3.62. The lowest BCUT2D eigenvalue weighted by Crippen LogP contribution is -2.38. The molecule has 174 valence electrons. The summed E-state index contributed by atoms with van der Waals surface area (Å²) in [6.07, 6.45) is 1.26. The van der Waals surface area contributed by atoms with Crippen molar-refractivity contribution in [3.63, 3.8) is 0 Å². The van der Waals surface area contributed by atoms with E-state index in [-0.39, 0.29) is 16.7 Å². The normalized spacial score (nSPS) is 18.2. The molecule has 0 spiro atoms. The summed E-state index contributed by atoms with van der Waals surface area (Å²) in [7, 11) is -3.62. The Kier molecular flexibility index (Phi) is 5.84. The Balaban J connectivity index is 1.26. The molecule has 1 atom stereocenters. The molecule has 1 aromatic heterocycles. The SMILES string of the molecule is Cc1ccccc1[C@@H](C)c1noc(C2CCN(S(=O)(=O)c3ccc4c(c3)OCCO4)CC2)n1. The van der Waals surface area contributed by atoms with Crippen LogP contribution in [0.15, 0.2) is 51.9 Å². The molecule has 1 fully saturated rings. The molecular formula is C24H27N3O5S. The molecule has 0 aliphatic carbocycles. The molecule has 8 nitrogen and oxygen atoms in total. The molecule has 2 aromatic carbocycles. The fraction of sp³-hybridized carbons (Fsp3) is 0.417. The van der Waals surface area contributed by atoms with Gasteiger partial charge >= 0.3 is 0 Å². The van der Waals surface area contributed by atoms with E-state index in [1.165, 1.54) is 15.4 Å². The maximum Gasteiger partial charge on any atom is 0.243 e. The third-order valence-corrected chi connectivity index (χ3v) is 8.35. The quantitative estimate of drug-likeness (QED) is 0.560. The number of aryl methyl sites for hydroxylation is 1. The first-order valence-electron chi connectivity index (χ1n) is 11.2. The van der Waals surface area contributed by atoms with Crippen LogP contribution in [0.25, 0.3) is 0 Å². The van der Waals surface area contributed by atoms with Gasteiger partial charge in [0.1, 0.15) is 13.2 Å². The molecule has 0 saturated carbocycles. The fourth-order valence-corrected chi connectivity index (χ4v) is 5.96.